The van der Waals surface area contributed by atoms with Crippen LogP contribution in [0.1, 0.15) is 82.1 Å². The lowest BCUT2D eigenvalue weighted by Crippen LogP contribution is -2.47. The summed E-state index contributed by atoms with van der Waals surface area (Å²) in [5.74, 6) is -8.41. The quantitative estimate of drug-likeness (QED) is 0.0365. The van der Waals surface area contributed by atoms with Gasteiger partial charge in [-0.1, -0.05) is 25.1 Å². The van der Waals surface area contributed by atoms with Crippen LogP contribution < -0.4 is 30.2 Å². The number of amides is 4. The molecule has 3 fully saturated rings. The van der Waals surface area contributed by atoms with Gasteiger partial charge in [-0.25, -0.2) is 56.2 Å². The Kier molecular flexibility index (Phi) is 26.8. The van der Waals surface area contributed by atoms with E-state index in [9.17, 15) is 45.5 Å². The number of anilines is 6. The van der Waals surface area contributed by atoms with Crippen molar-refractivity contribution < 1.29 is 72.9 Å². The van der Waals surface area contributed by atoms with E-state index in [-0.39, 0.29) is 108 Å². The summed E-state index contributed by atoms with van der Waals surface area (Å²) in [5, 5.41) is 9.01. The Morgan fingerprint density at radius 3 is 1.15 bits per heavy atom. The van der Waals surface area contributed by atoms with Gasteiger partial charge < -0.3 is 79.4 Å². The molecule has 28 nitrogen and oxygen atoms in total. The van der Waals surface area contributed by atoms with Gasteiger partial charge in [-0.2, -0.15) is 13.2 Å². The van der Waals surface area contributed by atoms with Crippen molar-refractivity contribution in [2.45, 2.75) is 47.0 Å². The van der Waals surface area contributed by atoms with E-state index in [2.05, 4.69) is 87.3 Å². The van der Waals surface area contributed by atoms with Gasteiger partial charge in [0.25, 0.3) is 23.6 Å². The smallest absolute Gasteiger partial charge is 0.416 e. The summed E-state index contributed by atoms with van der Waals surface area (Å²) in [4.78, 5) is 102. The highest BCUT2D eigenvalue weighted by atomic mass is 19.4. The number of hydrogen-bond acceptors (Lipinski definition) is 21. The van der Waals surface area contributed by atoms with Gasteiger partial charge in [-0.3, -0.25) is 29.0 Å². The van der Waals surface area contributed by atoms with E-state index in [1.807, 2.05) is 48.2 Å². The minimum absolute atomic E-state index is 0.00414. The molecule has 3 aliphatic rings. The van der Waals surface area contributed by atoms with Crippen LogP contribution in [0.5, 0.6) is 34.9 Å². The van der Waals surface area contributed by atoms with Crippen LogP contribution in [0, 0.1) is 55.7 Å². The van der Waals surface area contributed by atoms with E-state index in [1.54, 1.807) is 59.1 Å². The van der Waals surface area contributed by atoms with E-state index in [4.69, 9.17) is 14.2 Å². The Bertz CT molecular complexity index is 5880. The predicted octanol–water partition coefficient (Wildman–Crippen LogP) is 14.6. The van der Waals surface area contributed by atoms with Crippen molar-refractivity contribution in [1.82, 2.24) is 89.0 Å². The van der Waals surface area contributed by atoms with Crippen molar-refractivity contribution in [3.05, 3.63) is 213 Å². The summed E-state index contributed by atoms with van der Waals surface area (Å²) in [6.07, 6.45) is -1.27. The lowest BCUT2D eigenvalue weighted by molar-refractivity contribution is -0.138. The van der Waals surface area contributed by atoms with Crippen LogP contribution in [0.2, 0.25) is 0 Å². The molecule has 0 atom stereocenters. The largest absolute Gasteiger partial charge is 0.435 e. The number of benzene rings is 6. The van der Waals surface area contributed by atoms with Gasteiger partial charge in [0.2, 0.25) is 17.6 Å². The number of likely N-dealkylation sites (N-methyl/N-ethyl adjacent to an activating group) is 3. The lowest BCUT2D eigenvalue weighted by Gasteiger charge is -2.34. The fourth-order valence-corrected chi connectivity index (χ4v) is 14.2. The van der Waals surface area contributed by atoms with Gasteiger partial charge in [0.15, 0.2) is 69.6 Å². The number of alkyl halides is 3. The first kappa shape index (κ1) is 87.8. The maximum Gasteiger partial charge on any atom is 0.416 e. The summed E-state index contributed by atoms with van der Waals surface area (Å²) < 4.78 is 149. The van der Waals surface area contributed by atoms with Gasteiger partial charge in [0.1, 0.15) is 35.7 Å². The number of halogens is 9. The number of H-pyrrole nitrogens is 3. The second-order valence-corrected chi connectivity index (χ2v) is 30.8. The minimum atomic E-state index is -4.64. The van der Waals surface area contributed by atoms with Crippen LogP contribution in [0.25, 0.3) is 32.7 Å². The van der Waals surface area contributed by atoms with E-state index in [0.717, 1.165) is 102 Å². The Morgan fingerprint density at radius 2 is 0.772 bits per heavy atom. The number of aromatic amines is 3. The summed E-state index contributed by atoms with van der Waals surface area (Å²) in [5.41, 5.74) is 3.64. The Labute approximate surface area is 702 Å². The van der Waals surface area contributed by atoms with Crippen LogP contribution in [-0.4, -0.2) is 254 Å². The fraction of sp³-hybridized carbons (Fsp3) is 0.326. The number of nitrogens with one attached hydrogen (secondary N) is 6. The van der Waals surface area contributed by atoms with Crippen molar-refractivity contribution in [2.24, 2.45) is 0 Å². The van der Waals surface area contributed by atoms with Crippen LogP contribution in [0.4, 0.5) is 74.0 Å². The van der Waals surface area contributed by atoms with Crippen LogP contribution in [0.15, 0.2) is 122 Å². The second kappa shape index (κ2) is 37.6. The highest BCUT2D eigenvalue weighted by Crippen LogP contribution is 2.42. The molecule has 0 unspecified atom stereocenters. The molecule has 6 aromatic carbocycles. The molecule has 123 heavy (non-hydrogen) atoms. The average molecular weight is 1700 g/mol. The molecule has 0 aliphatic carbocycles. The van der Waals surface area contributed by atoms with Crippen molar-refractivity contribution >= 4 is 90.9 Å². The number of piperazine rings is 3. The fourth-order valence-electron chi connectivity index (χ4n) is 14.2. The molecular formula is C86H92F9N21O7. The summed E-state index contributed by atoms with van der Waals surface area (Å²) >= 11 is 0. The molecule has 6 N–H and O–H groups in total. The van der Waals surface area contributed by atoms with Crippen LogP contribution >= 0.6 is 0 Å². The van der Waals surface area contributed by atoms with Crippen molar-refractivity contribution in [3.8, 4) is 34.9 Å². The Morgan fingerprint density at radius 1 is 0.431 bits per heavy atom. The molecule has 646 valence electrons. The first-order chi connectivity index (χ1) is 58.7. The van der Waals surface area contributed by atoms with Crippen molar-refractivity contribution in [2.75, 3.05) is 157 Å². The number of hydrogen-bond donors (Lipinski definition) is 6. The highest BCUT2D eigenvalue weighted by Gasteiger charge is 2.36. The van der Waals surface area contributed by atoms with Gasteiger partial charge in [-0.05, 0) is 119 Å². The predicted molar refractivity (Wildman–Crippen MR) is 447 cm³/mol. The zero-order valence-electron chi connectivity index (χ0n) is 69.6. The van der Waals surface area contributed by atoms with Crippen molar-refractivity contribution in [3.63, 3.8) is 0 Å². The highest BCUT2D eigenvalue weighted by molar-refractivity contribution is 6.03. The van der Waals surface area contributed by atoms with Crippen LogP contribution in [0.3, 0.4) is 0 Å². The third kappa shape index (κ3) is 20.3. The monoisotopic (exact) mass is 1700 g/mol. The third-order valence-electron chi connectivity index (χ3n) is 21.0. The first-order valence-corrected chi connectivity index (χ1v) is 39.4. The molecule has 9 heterocycles. The molecule has 3 saturated heterocycles. The topological polar surface area (TPSA) is 286 Å². The first-order valence-electron chi connectivity index (χ1n) is 39.4. The Hall–Kier alpha value is -13.0. The molecule has 0 spiro atoms. The zero-order valence-corrected chi connectivity index (χ0v) is 69.6. The zero-order chi connectivity index (χ0) is 88.0. The number of nitrogens with zero attached hydrogens (tertiary/aromatic N) is 15. The molecule has 6 aromatic heterocycles. The van der Waals surface area contributed by atoms with E-state index in [0.29, 0.717) is 60.2 Å². The molecule has 4 amide bonds. The summed E-state index contributed by atoms with van der Waals surface area (Å²) in [7, 11) is 13.1. The van der Waals surface area contributed by atoms with Gasteiger partial charge in [0.05, 0.1) is 22.1 Å². The molecule has 12 aromatic rings. The third-order valence-corrected chi connectivity index (χ3v) is 21.0. The van der Waals surface area contributed by atoms with Gasteiger partial charge >= 0.3 is 6.18 Å². The lowest BCUT2D eigenvalue weighted by atomic mass is 10.0. The normalized spacial score (nSPS) is 14.4. The van der Waals surface area contributed by atoms with Gasteiger partial charge in [-0.15, -0.1) is 0 Å². The van der Waals surface area contributed by atoms with E-state index < -0.39 is 81.7 Å². The molecule has 37 heteroatoms. The average Bonchev–Trinajstić information content (AvgIpc) is 1.72. The SMILES string of the molecule is CCN1CCN(Cc2ccc(Nc3ncnc(Oc4cc(F)c5[nH]c(C)cc5c4F)c3C(=O)N(C)C)cc2)CC1.Cc1cc2c(F)c(Oc3ncnc(Nc4ccc(C(=O)N5CCN(C)CC5)cc4)c3C(=O)N(C)C)cc(F)c2[nH]1.Cc1cc2c(F)c(Oc3ncnc(Nc4ccc(CN5CCN(C)CC5)c(C(F)(F)F)c4)c3C(=O)N(C)C)cc(F)c2[nH]1. The van der Waals surface area contributed by atoms with Gasteiger partial charge in [0, 0.05) is 208 Å². The molecular weight excluding hydrogens is 1610 g/mol. The molecule has 15 rings (SSSR count). The van der Waals surface area contributed by atoms with E-state index >= 15 is 13.2 Å². The van der Waals surface area contributed by atoms with E-state index in [1.165, 1.54) is 85.1 Å². The molecule has 3 aliphatic heterocycles. The number of carbonyl (C=O) groups excluding carboxylic acids is 4. The maximum absolute atomic E-state index is 15.3. The van der Waals surface area contributed by atoms with Crippen LogP contribution in [-0.2, 0) is 19.3 Å². The summed E-state index contributed by atoms with van der Waals surface area (Å²) in [6.45, 7) is 19.3. The number of aromatic nitrogens is 9. The maximum atomic E-state index is 15.3. The molecule has 0 saturated carbocycles. The second-order valence-electron chi connectivity index (χ2n) is 30.8. The minimum Gasteiger partial charge on any atom is -0.435 e. The van der Waals surface area contributed by atoms with Crippen molar-refractivity contribution in [1.29, 1.82) is 0 Å². The number of fused-ring (bicyclic) bond motifs is 3. The number of rotatable bonds is 21. The molecule has 0 bridgehead atoms. The Balaban J connectivity index is 0.000000159. The standard InChI is InChI=1S/C29H30F5N7O2.C29H33F2N7O2.C28H29F2N7O3/c1-16-11-19-24(31)22(13-21(30)25(19)37-16)43-27-23(28(42)39(2)3)26(35-15-36-27)38-18-6-5-17(20(12-18)29(32,33)34)14-41-9-7-40(4)8-10-41;1-5-37-10-12-38(13-11-37)16-19-6-8-20(9-7-19)35-27-24(29(39)36(3)4)28(33-17-32-27)40-23-15-22(30)26-21(25(23)31)14-18(2)34-26;1-16-13-19-23(30)21(14-20(29)24(19)33-16)40-26-22(28(39)35(2)3)25(31-15-32-26)34-18-7-5-17(6-8-18)27(38)37-11-9-36(4)10-12-37/h5-6,11-13,15,37H,7-10,14H2,1-4H3,(H,35,36,38);6-9,14-15,17,34H,5,10-13,16H2,1-4H3,(H,32,33,35);5-8,13-15,33H,9-12H2,1-4H3,(H,31,32,34). The number of ether oxygens (including phenoxy) is 3. The summed E-state index contributed by atoms with van der Waals surface area (Å²) in [6, 6.07) is 25.5. The molecule has 0 radical (unpaired) electrons. The number of carbonyl (C=O) groups is 4. The number of aryl methyl sites for hydroxylation is 3.